The van der Waals surface area contributed by atoms with Gasteiger partial charge < -0.3 is 10.1 Å². The monoisotopic (exact) mass is 371 g/mol. The first-order valence-electron chi connectivity index (χ1n) is 8.21. The second kappa shape index (κ2) is 9.02. The van der Waals surface area contributed by atoms with E-state index in [4.69, 9.17) is 4.74 Å². The summed E-state index contributed by atoms with van der Waals surface area (Å²) in [5.74, 6) is 3.01. The summed E-state index contributed by atoms with van der Waals surface area (Å²) >= 11 is 3.96. The van der Waals surface area contributed by atoms with Crippen molar-refractivity contribution in [3.8, 4) is 5.75 Å². The molecule has 1 heterocycles. The first-order chi connectivity index (χ1) is 12.3. The highest BCUT2D eigenvalue weighted by atomic mass is 32.2. The molecule has 0 aromatic heterocycles. The summed E-state index contributed by atoms with van der Waals surface area (Å²) in [6.45, 7) is 0. The smallest absolute Gasteiger partial charge is 0.248 e. The number of hydrogen-bond donors (Lipinski definition) is 1. The van der Waals surface area contributed by atoms with Crippen molar-refractivity contribution in [2.24, 2.45) is 0 Å². The maximum atomic E-state index is 12.2. The Bertz CT molecular complexity index is 755. The molecule has 5 heteroatoms. The van der Waals surface area contributed by atoms with Crippen LogP contribution < -0.4 is 10.1 Å². The minimum absolute atomic E-state index is 0.146. The molecule has 0 bridgehead atoms. The molecular formula is C20H21NO2S2. The largest absolute Gasteiger partial charge is 0.496 e. The molecule has 0 unspecified atom stereocenters. The van der Waals surface area contributed by atoms with Crippen LogP contribution in [0, 0.1) is 0 Å². The lowest BCUT2D eigenvalue weighted by Crippen LogP contribution is -2.08. The Morgan fingerprint density at radius 1 is 1.16 bits per heavy atom. The van der Waals surface area contributed by atoms with Crippen molar-refractivity contribution in [1.29, 1.82) is 0 Å². The highest BCUT2D eigenvalue weighted by molar-refractivity contribution is 8.16. The molecule has 0 saturated carbocycles. The van der Waals surface area contributed by atoms with Crippen molar-refractivity contribution < 1.29 is 9.53 Å². The number of nitrogens with one attached hydrogen (secondary N) is 1. The number of rotatable bonds is 5. The number of ether oxygens (including phenoxy) is 1. The van der Waals surface area contributed by atoms with Crippen molar-refractivity contribution in [3.05, 3.63) is 65.7 Å². The van der Waals surface area contributed by atoms with Gasteiger partial charge in [-0.1, -0.05) is 30.3 Å². The summed E-state index contributed by atoms with van der Waals surface area (Å²) in [4.78, 5) is 12.2. The Balaban J connectivity index is 1.65. The molecule has 1 N–H and O–H groups in total. The van der Waals surface area contributed by atoms with E-state index in [1.54, 1.807) is 13.2 Å². The summed E-state index contributed by atoms with van der Waals surface area (Å²) < 4.78 is 5.76. The number of para-hydroxylation sites is 1. The third-order valence-corrected chi connectivity index (χ3v) is 6.82. The zero-order chi connectivity index (χ0) is 17.5. The molecule has 0 radical (unpaired) electrons. The van der Waals surface area contributed by atoms with Crippen LogP contribution in [0.5, 0.6) is 5.75 Å². The Hall–Kier alpha value is -1.85. The zero-order valence-electron chi connectivity index (χ0n) is 14.1. The van der Waals surface area contributed by atoms with Gasteiger partial charge >= 0.3 is 0 Å². The topological polar surface area (TPSA) is 38.3 Å². The minimum Gasteiger partial charge on any atom is -0.496 e. The van der Waals surface area contributed by atoms with Gasteiger partial charge in [0.15, 0.2) is 0 Å². The number of methoxy groups -OCH3 is 1. The van der Waals surface area contributed by atoms with Crippen molar-refractivity contribution >= 4 is 41.2 Å². The zero-order valence-corrected chi connectivity index (χ0v) is 15.7. The Morgan fingerprint density at radius 2 is 1.96 bits per heavy atom. The van der Waals surface area contributed by atoms with Gasteiger partial charge in [-0.25, -0.2) is 0 Å². The SMILES string of the molecule is COc1ccccc1/C=C/C(=O)Nc1cccc(C2SCCCS2)c1. The second-order valence-electron chi connectivity index (χ2n) is 5.62. The molecule has 1 aliphatic heterocycles. The summed E-state index contributed by atoms with van der Waals surface area (Å²) in [7, 11) is 1.62. The van der Waals surface area contributed by atoms with Crippen LogP contribution in [0.4, 0.5) is 5.69 Å². The van der Waals surface area contributed by atoms with Gasteiger partial charge in [0.2, 0.25) is 5.91 Å². The van der Waals surface area contributed by atoms with E-state index in [1.807, 2.05) is 59.9 Å². The van der Waals surface area contributed by atoms with E-state index >= 15 is 0 Å². The molecule has 25 heavy (non-hydrogen) atoms. The number of carbonyl (C=O) groups excluding carboxylic acids is 1. The van der Waals surface area contributed by atoms with E-state index in [0.29, 0.717) is 4.58 Å². The van der Waals surface area contributed by atoms with Crippen LogP contribution in [0.25, 0.3) is 6.08 Å². The van der Waals surface area contributed by atoms with Crippen molar-refractivity contribution in [2.45, 2.75) is 11.0 Å². The fourth-order valence-corrected chi connectivity index (χ4v) is 5.47. The molecule has 0 atom stereocenters. The number of benzene rings is 2. The molecule has 2 aromatic rings. The second-order valence-corrected chi connectivity index (χ2v) is 8.34. The van der Waals surface area contributed by atoms with E-state index < -0.39 is 0 Å². The van der Waals surface area contributed by atoms with Gasteiger partial charge in [-0.2, -0.15) is 0 Å². The lowest BCUT2D eigenvalue weighted by atomic mass is 10.2. The van der Waals surface area contributed by atoms with Gasteiger partial charge in [-0.3, -0.25) is 4.79 Å². The summed E-state index contributed by atoms with van der Waals surface area (Å²) in [6, 6.07) is 15.8. The molecule has 1 amide bonds. The Labute approximate surface area is 157 Å². The predicted octanol–water partition coefficient (Wildman–Crippen LogP) is 5.22. The van der Waals surface area contributed by atoms with Crippen molar-refractivity contribution in [1.82, 2.24) is 0 Å². The standard InChI is InChI=1S/C20H21NO2S2/c1-23-18-9-3-2-6-15(18)10-11-19(22)21-17-8-4-7-16(14-17)20-24-12-5-13-25-20/h2-4,6-11,14,20H,5,12-13H2,1H3,(H,21,22)/b11-10+. The van der Waals surface area contributed by atoms with E-state index in [1.165, 1.54) is 29.6 Å². The highest BCUT2D eigenvalue weighted by Crippen LogP contribution is 2.44. The van der Waals surface area contributed by atoms with Gasteiger partial charge in [0.1, 0.15) is 5.75 Å². The van der Waals surface area contributed by atoms with Gasteiger partial charge in [0.05, 0.1) is 11.7 Å². The van der Waals surface area contributed by atoms with Gasteiger partial charge in [0, 0.05) is 17.3 Å². The maximum Gasteiger partial charge on any atom is 0.248 e. The number of thioether (sulfide) groups is 2. The molecule has 3 rings (SSSR count). The van der Waals surface area contributed by atoms with Crippen LogP contribution in [0.1, 0.15) is 22.1 Å². The Kier molecular flexibility index (Phi) is 6.48. The fourth-order valence-electron chi connectivity index (χ4n) is 2.60. The number of anilines is 1. The number of carbonyl (C=O) groups is 1. The highest BCUT2D eigenvalue weighted by Gasteiger charge is 2.16. The first-order valence-corrected chi connectivity index (χ1v) is 10.3. The molecule has 2 aromatic carbocycles. The van der Waals surface area contributed by atoms with Gasteiger partial charge in [-0.05, 0) is 47.8 Å². The fraction of sp³-hybridized carbons (Fsp3) is 0.250. The number of hydrogen-bond acceptors (Lipinski definition) is 4. The van der Waals surface area contributed by atoms with Crippen LogP contribution in [-0.2, 0) is 4.79 Å². The van der Waals surface area contributed by atoms with Gasteiger partial charge in [-0.15, -0.1) is 23.5 Å². The third-order valence-electron chi connectivity index (χ3n) is 3.81. The Morgan fingerprint density at radius 3 is 2.76 bits per heavy atom. The van der Waals surface area contributed by atoms with Gasteiger partial charge in [0.25, 0.3) is 0 Å². The summed E-state index contributed by atoms with van der Waals surface area (Å²) in [5.41, 5.74) is 2.98. The average Bonchev–Trinajstić information content (AvgIpc) is 2.67. The lowest BCUT2D eigenvalue weighted by Gasteiger charge is -2.21. The molecule has 1 saturated heterocycles. The molecule has 3 nitrogen and oxygen atoms in total. The van der Waals surface area contributed by atoms with Crippen molar-refractivity contribution in [2.75, 3.05) is 23.9 Å². The maximum absolute atomic E-state index is 12.2. The molecule has 1 aliphatic rings. The molecule has 0 aliphatic carbocycles. The van der Waals surface area contributed by atoms with E-state index in [2.05, 4.69) is 17.4 Å². The summed E-state index contributed by atoms with van der Waals surface area (Å²) in [5, 5.41) is 2.94. The van der Waals surface area contributed by atoms with E-state index in [9.17, 15) is 4.79 Å². The molecule has 1 fully saturated rings. The predicted molar refractivity (Wildman–Crippen MR) is 109 cm³/mol. The van der Waals surface area contributed by atoms with Crippen molar-refractivity contribution in [3.63, 3.8) is 0 Å². The van der Waals surface area contributed by atoms with E-state index in [-0.39, 0.29) is 5.91 Å². The first kappa shape index (κ1) is 18.0. The van der Waals surface area contributed by atoms with Crippen LogP contribution >= 0.6 is 23.5 Å². The number of amides is 1. The third kappa shape index (κ3) is 5.06. The van der Waals surface area contributed by atoms with E-state index in [0.717, 1.165) is 17.0 Å². The van der Waals surface area contributed by atoms with Crippen LogP contribution in [0.3, 0.4) is 0 Å². The lowest BCUT2D eigenvalue weighted by molar-refractivity contribution is -0.111. The van der Waals surface area contributed by atoms with Crippen LogP contribution in [0.15, 0.2) is 54.6 Å². The normalized spacial score (nSPS) is 15.2. The van der Waals surface area contributed by atoms with Crippen LogP contribution in [0.2, 0.25) is 0 Å². The van der Waals surface area contributed by atoms with Crippen LogP contribution in [-0.4, -0.2) is 24.5 Å². The average molecular weight is 372 g/mol. The molecule has 130 valence electrons. The minimum atomic E-state index is -0.146. The molecular weight excluding hydrogens is 350 g/mol. The molecule has 0 spiro atoms. The quantitative estimate of drug-likeness (QED) is 0.732. The summed E-state index contributed by atoms with van der Waals surface area (Å²) in [6.07, 6.45) is 4.58.